The zero-order valence-corrected chi connectivity index (χ0v) is 21.8. The van der Waals surface area contributed by atoms with Crippen LogP contribution in [0.4, 0.5) is 0 Å². The van der Waals surface area contributed by atoms with Gasteiger partial charge in [-0.2, -0.15) is 0 Å². The Balaban J connectivity index is 1.86. The molecule has 0 unspecified atom stereocenters. The molecule has 2 aromatic heterocycles. The van der Waals surface area contributed by atoms with Crippen molar-refractivity contribution < 1.29 is 9.53 Å². The second kappa shape index (κ2) is 9.43. The fourth-order valence-corrected chi connectivity index (χ4v) is 12.9. The van der Waals surface area contributed by atoms with Gasteiger partial charge in [0.2, 0.25) is 0 Å². The Morgan fingerprint density at radius 1 is 0.970 bits per heavy atom. The molecule has 1 aliphatic rings. The molecule has 33 heavy (non-hydrogen) atoms. The number of benzene rings is 1. The Kier molecular flexibility index (Phi) is 6.77. The first kappa shape index (κ1) is 23.7. The van der Waals surface area contributed by atoms with Gasteiger partial charge in [0.15, 0.2) is 8.24 Å². The Morgan fingerprint density at radius 3 is 2.24 bits per heavy atom. The van der Waals surface area contributed by atoms with Gasteiger partial charge < -0.3 is 13.9 Å². The highest BCUT2D eigenvalue weighted by molar-refractivity contribution is 6.82. The standard InChI is InChI=1S/C27H37N3O2Si/c1-19(2)33(20(3)4,21(5)6)30-18-25(24-9-7-8-10-26(24)30)22-15-23(17-28-16-22)27(31)29-11-13-32-14-12-29/h7-10,15-21H,11-14H2,1-6H3. The van der Waals surface area contributed by atoms with Crippen LogP contribution in [0.1, 0.15) is 51.9 Å². The summed E-state index contributed by atoms with van der Waals surface area (Å²) >= 11 is 0. The van der Waals surface area contributed by atoms with Gasteiger partial charge in [-0.05, 0) is 28.8 Å². The van der Waals surface area contributed by atoms with Crippen molar-refractivity contribution in [1.29, 1.82) is 0 Å². The molecule has 3 aromatic rings. The summed E-state index contributed by atoms with van der Waals surface area (Å²) in [7, 11) is -1.94. The normalized spacial score (nSPS) is 15.2. The van der Waals surface area contributed by atoms with Gasteiger partial charge in [0.25, 0.3) is 5.91 Å². The van der Waals surface area contributed by atoms with Gasteiger partial charge in [-0.3, -0.25) is 9.78 Å². The van der Waals surface area contributed by atoms with E-state index in [-0.39, 0.29) is 5.91 Å². The van der Waals surface area contributed by atoms with Crippen LogP contribution in [0.3, 0.4) is 0 Å². The number of rotatable bonds is 6. The van der Waals surface area contributed by atoms with Crippen molar-refractivity contribution in [2.45, 2.75) is 58.2 Å². The zero-order chi connectivity index (χ0) is 23.8. The minimum Gasteiger partial charge on any atom is -0.378 e. The van der Waals surface area contributed by atoms with Crippen LogP contribution in [0.5, 0.6) is 0 Å². The molecule has 6 heteroatoms. The minimum atomic E-state index is -1.94. The lowest BCUT2D eigenvalue weighted by Crippen LogP contribution is -2.51. The topological polar surface area (TPSA) is 47.4 Å². The van der Waals surface area contributed by atoms with E-state index in [2.05, 4.69) is 81.2 Å². The van der Waals surface area contributed by atoms with Gasteiger partial charge in [0, 0.05) is 53.7 Å². The van der Waals surface area contributed by atoms with Crippen LogP contribution in [0, 0.1) is 0 Å². The molecule has 0 saturated carbocycles. The molecule has 4 rings (SSSR count). The average molecular weight is 464 g/mol. The lowest BCUT2D eigenvalue weighted by atomic mass is 10.0. The molecule has 176 valence electrons. The third-order valence-electron chi connectivity index (χ3n) is 7.50. The average Bonchev–Trinajstić information content (AvgIpc) is 3.19. The number of carbonyl (C=O) groups excluding carboxylic acids is 1. The molecule has 1 aliphatic heterocycles. The van der Waals surface area contributed by atoms with Crippen molar-refractivity contribution >= 4 is 25.0 Å². The van der Waals surface area contributed by atoms with Gasteiger partial charge in [-0.1, -0.05) is 59.7 Å². The van der Waals surface area contributed by atoms with Crippen LogP contribution in [0.2, 0.25) is 16.6 Å². The molecule has 5 nitrogen and oxygen atoms in total. The highest BCUT2D eigenvalue weighted by atomic mass is 28.3. The molecule has 0 aliphatic carbocycles. The van der Waals surface area contributed by atoms with Crippen molar-refractivity contribution in [1.82, 2.24) is 14.1 Å². The highest BCUT2D eigenvalue weighted by Gasteiger charge is 2.46. The quantitative estimate of drug-likeness (QED) is 0.409. The molecule has 1 fully saturated rings. The van der Waals surface area contributed by atoms with E-state index in [9.17, 15) is 4.79 Å². The summed E-state index contributed by atoms with van der Waals surface area (Å²) in [6, 6.07) is 10.7. The smallest absolute Gasteiger partial charge is 0.255 e. The third-order valence-corrected chi connectivity index (χ3v) is 14.3. The summed E-state index contributed by atoms with van der Waals surface area (Å²) in [4.78, 5) is 19.5. The summed E-state index contributed by atoms with van der Waals surface area (Å²) in [5, 5.41) is 1.23. The molecule has 0 N–H and O–H groups in total. The second-order valence-electron chi connectivity index (χ2n) is 10.1. The summed E-state index contributed by atoms with van der Waals surface area (Å²) in [6.07, 6.45) is 5.94. The largest absolute Gasteiger partial charge is 0.378 e. The highest BCUT2D eigenvalue weighted by Crippen LogP contribution is 2.46. The third kappa shape index (κ3) is 4.04. The molecule has 1 amide bonds. The van der Waals surface area contributed by atoms with E-state index >= 15 is 0 Å². The van der Waals surface area contributed by atoms with Crippen LogP contribution >= 0.6 is 0 Å². The molecule has 1 aromatic carbocycles. The van der Waals surface area contributed by atoms with Crippen molar-refractivity contribution in [3.63, 3.8) is 0 Å². The SMILES string of the molecule is CC(C)[Si](C(C)C)(C(C)C)n1cc(-c2cncc(C(=O)N3CCOCC3)c2)c2ccccc21. The van der Waals surface area contributed by atoms with Gasteiger partial charge in [-0.25, -0.2) is 0 Å². The molecule has 3 heterocycles. The van der Waals surface area contributed by atoms with E-state index < -0.39 is 8.24 Å². The van der Waals surface area contributed by atoms with E-state index in [0.29, 0.717) is 48.5 Å². The number of pyridine rings is 1. The number of amides is 1. The predicted molar refractivity (Wildman–Crippen MR) is 138 cm³/mol. The summed E-state index contributed by atoms with van der Waals surface area (Å²) < 4.78 is 8.06. The van der Waals surface area contributed by atoms with Crippen LogP contribution in [0.15, 0.2) is 48.9 Å². The number of nitrogens with zero attached hydrogens (tertiary/aromatic N) is 3. The van der Waals surface area contributed by atoms with Crippen molar-refractivity contribution in [3.05, 3.63) is 54.5 Å². The first-order chi connectivity index (χ1) is 15.8. The second-order valence-corrected chi connectivity index (χ2v) is 15.9. The number of fused-ring (bicyclic) bond motifs is 1. The maximum atomic E-state index is 13.1. The number of carbonyl (C=O) groups is 1. The Hall–Kier alpha value is -2.44. The summed E-state index contributed by atoms with van der Waals surface area (Å²) in [6.45, 7) is 16.8. The lowest BCUT2D eigenvalue weighted by Gasteiger charge is -2.44. The molecular formula is C27H37N3O2Si. The first-order valence-corrected chi connectivity index (χ1v) is 14.4. The number of morpholine rings is 1. The van der Waals surface area contributed by atoms with Crippen LogP contribution in [-0.4, -0.2) is 54.6 Å². The Labute approximate surface area is 198 Å². The molecule has 1 saturated heterocycles. The van der Waals surface area contributed by atoms with E-state index in [1.54, 1.807) is 6.20 Å². The monoisotopic (exact) mass is 463 g/mol. The number of para-hydroxylation sites is 1. The zero-order valence-electron chi connectivity index (χ0n) is 20.8. The van der Waals surface area contributed by atoms with E-state index in [1.165, 1.54) is 10.9 Å². The van der Waals surface area contributed by atoms with Gasteiger partial charge in [0.05, 0.1) is 18.8 Å². The van der Waals surface area contributed by atoms with E-state index in [0.717, 1.165) is 11.1 Å². The fourth-order valence-electron chi connectivity index (χ4n) is 6.22. The van der Waals surface area contributed by atoms with Crippen LogP contribution < -0.4 is 0 Å². The van der Waals surface area contributed by atoms with Crippen molar-refractivity contribution in [3.8, 4) is 11.1 Å². The molecular weight excluding hydrogens is 426 g/mol. The van der Waals surface area contributed by atoms with E-state index in [1.807, 2.05) is 17.2 Å². The van der Waals surface area contributed by atoms with Crippen molar-refractivity contribution in [2.75, 3.05) is 26.3 Å². The maximum Gasteiger partial charge on any atom is 0.255 e. The Morgan fingerprint density at radius 2 is 1.61 bits per heavy atom. The fraction of sp³-hybridized carbons (Fsp3) is 0.481. The maximum absolute atomic E-state index is 13.1. The molecule has 0 bridgehead atoms. The van der Waals surface area contributed by atoms with Gasteiger partial charge >= 0.3 is 0 Å². The van der Waals surface area contributed by atoms with Crippen molar-refractivity contribution in [2.24, 2.45) is 0 Å². The molecule has 0 radical (unpaired) electrons. The van der Waals surface area contributed by atoms with Gasteiger partial charge in [0.1, 0.15) is 0 Å². The Bertz CT molecular complexity index is 1110. The molecule has 0 spiro atoms. The van der Waals surface area contributed by atoms with Crippen LogP contribution in [0.25, 0.3) is 22.0 Å². The van der Waals surface area contributed by atoms with Crippen LogP contribution in [-0.2, 0) is 4.74 Å². The first-order valence-electron chi connectivity index (χ1n) is 12.2. The number of hydrogen-bond acceptors (Lipinski definition) is 3. The van der Waals surface area contributed by atoms with E-state index in [4.69, 9.17) is 4.74 Å². The molecule has 0 atom stereocenters. The number of ether oxygens (including phenoxy) is 1. The van der Waals surface area contributed by atoms with Gasteiger partial charge in [-0.15, -0.1) is 0 Å². The number of aromatic nitrogens is 2. The summed E-state index contributed by atoms with van der Waals surface area (Å²) in [5.41, 5.74) is 5.87. The number of hydrogen-bond donors (Lipinski definition) is 0. The summed E-state index contributed by atoms with van der Waals surface area (Å²) in [5.74, 6) is 0.0339. The predicted octanol–water partition coefficient (Wildman–Crippen LogP) is 6.20. The minimum absolute atomic E-state index is 0.0339. The lowest BCUT2D eigenvalue weighted by molar-refractivity contribution is 0.0302.